The lowest BCUT2D eigenvalue weighted by Crippen LogP contribution is -1.97. The van der Waals surface area contributed by atoms with E-state index in [4.69, 9.17) is 10.2 Å². The van der Waals surface area contributed by atoms with Gasteiger partial charge in [-0.25, -0.2) is 0 Å². The summed E-state index contributed by atoms with van der Waals surface area (Å²) >= 11 is 0. The maximum absolute atomic E-state index is 9.90. The van der Waals surface area contributed by atoms with Gasteiger partial charge >= 0.3 is 11.9 Å². The Morgan fingerprint density at radius 3 is 1.40 bits per heavy atom. The standard InChI is InChI=1S/C6H10O4/c7-5(8)3-1-2-4-6(9)10/h1-4H2,(H,7,8)(H,9,10)/i5+1,6+1. The Kier molecular flexibility index (Phi) is 4.28. The van der Waals surface area contributed by atoms with Crippen molar-refractivity contribution in [1.29, 1.82) is 0 Å². The fourth-order valence-corrected chi connectivity index (χ4v) is 0.552. The minimum absolute atomic E-state index is 0.0628. The number of carboxylic acid groups (broad SMARTS) is 2. The summed E-state index contributed by atoms with van der Waals surface area (Å²) < 4.78 is 0. The normalized spacial score (nSPS) is 9.20. The Morgan fingerprint density at radius 1 is 0.900 bits per heavy atom. The Morgan fingerprint density at radius 2 is 1.20 bits per heavy atom. The van der Waals surface area contributed by atoms with Crippen molar-refractivity contribution in [2.24, 2.45) is 0 Å². The van der Waals surface area contributed by atoms with E-state index in [9.17, 15) is 9.59 Å². The van der Waals surface area contributed by atoms with Gasteiger partial charge < -0.3 is 10.2 Å². The molecule has 0 saturated carbocycles. The van der Waals surface area contributed by atoms with Gasteiger partial charge in [0, 0.05) is 12.8 Å². The average molecular weight is 148 g/mol. The average Bonchev–Trinajstić information content (AvgIpc) is 1.79. The summed E-state index contributed by atoms with van der Waals surface area (Å²) in [5.74, 6) is -1.74. The van der Waals surface area contributed by atoms with Crippen molar-refractivity contribution >= 4 is 11.9 Å². The highest BCUT2D eigenvalue weighted by Crippen LogP contribution is 1.98. The molecule has 0 unspecified atom stereocenters. The van der Waals surface area contributed by atoms with Crippen molar-refractivity contribution in [3.63, 3.8) is 0 Å². The van der Waals surface area contributed by atoms with Crippen LogP contribution in [0.1, 0.15) is 25.7 Å². The SMILES string of the molecule is O=[13C](O)CCCC[13C](=O)O. The van der Waals surface area contributed by atoms with E-state index in [2.05, 4.69) is 0 Å². The van der Waals surface area contributed by atoms with Crippen LogP contribution in [0.5, 0.6) is 0 Å². The first-order valence-electron chi connectivity index (χ1n) is 3.06. The molecule has 4 nitrogen and oxygen atoms in total. The lowest BCUT2D eigenvalue weighted by atomic mass is 10.3. The molecule has 0 amide bonds. The van der Waals surface area contributed by atoms with Gasteiger partial charge in [-0.15, -0.1) is 0 Å². The lowest BCUT2D eigenvalue weighted by molar-refractivity contribution is -0.139. The van der Waals surface area contributed by atoms with Crippen LogP contribution in [-0.4, -0.2) is 22.2 Å². The van der Waals surface area contributed by atoms with Gasteiger partial charge in [-0.05, 0) is 12.8 Å². The van der Waals surface area contributed by atoms with E-state index >= 15 is 0 Å². The van der Waals surface area contributed by atoms with Gasteiger partial charge in [-0.1, -0.05) is 0 Å². The number of hydrogen-bond acceptors (Lipinski definition) is 2. The molecule has 0 aliphatic heterocycles. The fourth-order valence-electron chi connectivity index (χ4n) is 0.552. The number of unbranched alkanes of at least 4 members (excludes halogenated alkanes) is 1. The van der Waals surface area contributed by atoms with E-state index < -0.39 is 11.9 Å². The van der Waals surface area contributed by atoms with Crippen molar-refractivity contribution in [2.75, 3.05) is 0 Å². The maximum Gasteiger partial charge on any atom is 0.303 e. The van der Waals surface area contributed by atoms with E-state index in [1.165, 1.54) is 0 Å². The third kappa shape index (κ3) is 6.94. The topological polar surface area (TPSA) is 74.6 Å². The number of hydrogen-bond donors (Lipinski definition) is 2. The van der Waals surface area contributed by atoms with E-state index in [1.807, 2.05) is 0 Å². The molecule has 0 radical (unpaired) electrons. The number of carboxylic acids is 2. The first-order valence-corrected chi connectivity index (χ1v) is 3.06. The second-order valence-electron chi connectivity index (χ2n) is 1.99. The molecule has 0 fully saturated rings. The Balaban J connectivity index is 3.06. The molecule has 0 aliphatic carbocycles. The second-order valence-corrected chi connectivity index (χ2v) is 1.99. The van der Waals surface area contributed by atoms with Gasteiger partial charge in [0.15, 0.2) is 0 Å². The predicted octanol–water partition coefficient (Wildman–Crippen LogP) is 0.716. The van der Waals surface area contributed by atoms with Crippen molar-refractivity contribution in [2.45, 2.75) is 25.7 Å². The van der Waals surface area contributed by atoms with Gasteiger partial charge in [0.2, 0.25) is 0 Å². The van der Waals surface area contributed by atoms with E-state index in [-0.39, 0.29) is 12.8 Å². The van der Waals surface area contributed by atoms with Gasteiger partial charge in [-0.2, -0.15) is 0 Å². The molecule has 4 heteroatoms. The molecule has 0 aromatic rings. The molecule has 0 rings (SSSR count). The highest BCUT2D eigenvalue weighted by Gasteiger charge is 1.99. The molecule has 0 aromatic heterocycles. The highest BCUT2D eigenvalue weighted by molar-refractivity contribution is 5.67. The van der Waals surface area contributed by atoms with Crippen LogP contribution in [0.3, 0.4) is 0 Å². The molecule has 0 bridgehead atoms. The molecule has 58 valence electrons. The lowest BCUT2D eigenvalue weighted by Gasteiger charge is -1.92. The van der Waals surface area contributed by atoms with Crippen LogP contribution in [0.25, 0.3) is 0 Å². The van der Waals surface area contributed by atoms with Gasteiger partial charge in [0.05, 0.1) is 0 Å². The zero-order valence-corrected chi connectivity index (χ0v) is 5.54. The van der Waals surface area contributed by atoms with Crippen molar-refractivity contribution in [3.8, 4) is 0 Å². The predicted molar refractivity (Wildman–Crippen MR) is 33.7 cm³/mol. The summed E-state index contributed by atoms with van der Waals surface area (Å²) in [4.78, 5) is 19.8. The summed E-state index contributed by atoms with van der Waals surface area (Å²) in [6.07, 6.45) is 1.02. The molecular formula is C6H10O4. The molecule has 0 aliphatic rings. The monoisotopic (exact) mass is 148 g/mol. The zero-order valence-electron chi connectivity index (χ0n) is 5.54. The quantitative estimate of drug-likeness (QED) is 0.445. The van der Waals surface area contributed by atoms with E-state index in [0.717, 1.165) is 0 Å². The molecule has 0 atom stereocenters. The van der Waals surface area contributed by atoms with Gasteiger partial charge in [0.1, 0.15) is 0 Å². The first-order chi connectivity index (χ1) is 4.63. The van der Waals surface area contributed by atoms with Crippen LogP contribution < -0.4 is 0 Å². The smallest absolute Gasteiger partial charge is 0.303 e. The van der Waals surface area contributed by atoms with E-state index in [1.54, 1.807) is 0 Å². The van der Waals surface area contributed by atoms with Crippen LogP contribution in [0.4, 0.5) is 0 Å². The Hall–Kier alpha value is -1.06. The van der Waals surface area contributed by atoms with Crippen molar-refractivity contribution < 1.29 is 19.8 Å². The molecule has 2 N–H and O–H groups in total. The summed E-state index contributed by atoms with van der Waals surface area (Å²) in [7, 11) is 0. The minimum Gasteiger partial charge on any atom is -0.481 e. The van der Waals surface area contributed by atoms with Crippen LogP contribution in [-0.2, 0) is 9.59 Å². The molecule has 0 saturated heterocycles. The summed E-state index contributed by atoms with van der Waals surface area (Å²) in [5.41, 5.74) is 0. The van der Waals surface area contributed by atoms with Crippen LogP contribution in [0, 0.1) is 0 Å². The maximum atomic E-state index is 9.90. The van der Waals surface area contributed by atoms with Crippen molar-refractivity contribution in [1.82, 2.24) is 0 Å². The highest BCUT2D eigenvalue weighted by atomic mass is 16.5. The molecule has 0 spiro atoms. The Bertz CT molecular complexity index is 114. The minimum atomic E-state index is -0.870. The number of rotatable bonds is 5. The molecular weight excluding hydrogens is 138 g/mol. The summed E-state index contributed by atoms with van der Waals surface area (Å²) in [6, 6.07) is 0. The van der Waals surface area contributed by atoms with Crippen LogP contribution >= 0.6 is 0 Å². The second kappa shape index (κ2) is 4.78. The first kappa shape index (κ1) is 8.94. The molecule has 0 aromatic carbocycles. The third-order valence-electron chi connectivity index (χ3n) is 1.03. The number of aliphatic carboxylic acids is 2. The van der Waals surface area contributed by atoms with Crippen LogP contribution in [0.2, 0.25) is 0 Å². The van der Waals surface area contributed by atoms with Gasteiger partial charge in [0.25, 0.3) is 0 Å². The number of carbonyl (C=O) groups is 2. The molecule has 0 heterocycles. The summed E-state index contributed by atoms with van der Waals surface area (Å²) in [5, 5.41) is 16.3. The zero-order chi connectivity index (χ0) is 7.98. The Labute approximate surface area is 58.5 Å². The molecule has 10 heavy (non-hydrogen) atoms. The largest absolute Gasteiger partial charge is 0.481 e. The van der Waals surface area contributed by atoms with Crippen LogP contribution in [0.15, 0.2) is 0 Å². The van der Waals surface area contributed by atoms with Gasteiger partial charge in [-0.3, -0.25) is 9.59 Å². The van der Waals surface area contributed by atoms with Crippen molar-refractivity contribution in [3.05, 3.63) is 0 Å². The van der Waals surface area contributed by atoms with E-state index in [0.29, 0.717) is 12.8 Å². The fraction of sp³-hybridized carbons (Fsp3) is 0.667. The summed E-state index contributed by atoms with van der Waals surface area (Å²) in [6.45, 7) is 0. The third-order valence-corrected chi connectivity index (χ3v) is 1.03.